The molecule has 6 aromatic rings. The summed E-state index contributed by atoms with van der Waals surface area (Å²) in [4.78, 5) is 53.6. The molecule has 0 radical (unpaired) electrons. The van der Waals surface area contributed by atoms with Crippen molar-refractivity contribution in [1.82, 2.24) is 45.0 Å². The van der Waals surface area contributed by atoms with Crippen molar-refractivity contribution in [3.8, 4) is 0 Å². The first-order valence-corrected chi connectivity index (χ1v) is 71.6. The third kappa shape index (κ3) is 52.7. The molecule has 1 N–H and O–H groups in total. The molecule has 6 heterocycles. The second-order valence-corrected chi connectivity index (χ2v) is 83.2. The number of hydrogen-bond donors (Lipinski definition) is 1. The molecule has 0 unspecified atom stereocenters. The van der Waals surface area contributed by atoms with Gasteiger partial charge in [-0.2, -0.15) is 37.5 Å². The summed E-state index contributed by atoms with van der Waals surface area (Å²) in [5.41, 5.74) is 8.91. The second-order valence-electron chi connectivity index (χ2n) is 19.5. The third-order valence-corrected chi connectivity index (χ3v) is 10.5. The van der Waals surface area contributed by atoms with Gasteiger partial charge in [0.1, 0.15) is 22.9 Å². The van der Waals surface area contributed by atoms with Crippen LogP contribution in [0.4, 0.5) is 9.59 Å². The Morgan fingerprint density at radius 1 is 0.633 bits per heavy atom. The first-order valence-electron chi connectivity index (χ1n) is 29.2. The minimum Gasteiger partial charge on any atom is -0.312 e. The number of aromatic nitrogens is 6. The van der Waals surface area contributed by atoms with E-state index in [1.807, 2.05) is 164 Å². The first-order chi connectivity index (χ1) is 43.0. The predicted molar refractivity (Wildman–Crippen MR) is 429 cm³/mol. The average molecular weight is 2350 g/mol. The van der Waals surface area contributed by atoms with Crippen molar-refractivity contribution in [2.45, 2.75) is 173 Å². The van der Waals surface area contributed by atoms with Gasteiger partial charge in [-0.3, -0.25) is 0 Å². The molecule has 13 nitrogen and oxygen atoms in total. The molecule has 9 rings (SSSR count). The number of halogens is 10. The van der Waals surface area contributed by atoms with Crippen molar-refractivity contribution in [2.75, 3.05) is 19.6 Å². The van der Waals surface area contributed by atoms with E-state index < -0.39 is 11.2 Å². The summed E-state index contributed by atoms with van der Waals surface area (Å²) in [6.45, 7) is 42.0. The van der Waals surface area contributed by atoms with Crippen molar-refractivity contribution in [3.63, 3.8) is 0 Å². The minimum atomic E-state index is -0.479. The monoisotopic (exact) mass is 2350 g/mol. The quantitative estimate of drug-likeness (QED) is 0.0778. The molecule has 3 aliphatic rings. The molecule has 0 atom stereocenters. The van der Waals surface area contributed by atoms with Crippen LogP contribution in [0.1, 0.15) is 172 Å². The molecular formula is C64H93BrClI8N9O4V2Zn-3. The standard InChI is InChI=1S/C19H23N3O2.C14H15N3.C12H16ClN3O2.C7H7.2C3H7.3C2H6.BrH.I3.5HI.2V.Zn/c1-19(2,3)24-18(23)22-10-9-16-15(13-22)12-20-17(21-16)11-14-7-5-4-6-8-14;1-2-4-11(5-3-1)8-14-16-10-12-9-15-7-6-13(12)17-14;1-12(2,3)18-11(17)16-5-4-9-8(7-16)6-14-10(13)15-9;1-7-5-3-2-4-6-7;2*1-3-2;3*1-2;;1-3-2;;;;;;;;/h4-8,12H,9-11,13H2,1-3H3;1-5,10,15H,6-9H2;6H,4-5,7H2,1-3H3;2-6H,1H2;2*1,3H2,2H3;3*1-2H3;1H;;5*1H;;;/q;;;3*-1;;;;;-1;;;;;;+2;+3;+2/p-6. The summed E-state index contributed by atoms with van der Waals surface area (Å²) >= 11 is 27.4. The molecule has 3 aromatic heterocycles. The van der Waals surface area contributed by atoms with Gasteiger partial charge >= 0.3 is 207 Å². The van der Waals surface area contributed by atoms with Gasteiger partial charge in [0, 0.05) is 99.3 Å². The van der Waals surface area contributed by atoms with Crippen LogP contribution in [0.25, 0.3) is 0 Å². The fraction of sp³-hybridized carbons (Fsp3) is 0.453. The van der Waals surface area contributed by atoms with Crippen LogP contribution in [0.3, 0.4) is 0 Å². The van der Waals surface area contributed by atoms with Crippen LogP contribution in [-0.4, -0.2) is 82.7 Å². The molecule has 0 saturated carbocycles. The zero-order valence-corrected chi connectivity index (χ0v) is 80.2. The van der Waals surface area contributed by atoms with E-state index in [9.17, 15) is 9.59 Å². The van der Waals surface area contributed by atoms with E-state index in [0.717, 1.165) is 91.3 Å². The molecule has 90 heavy (non-hydrogen) atoms. The molecule has 26 heteroatoms. The molecule has 503 valence electrons. The van der Waals surface area contributed by atoms with Crippen molar-refractivity contribution in [2.24, 2.45) is 0 Å². The molecule has 0 spiro atoms. The van der Waals surface area contributed by atoms with Gasteiger partial charge in [-0.05, 0) is 64.3 Å². The maximum Gasteiger partial charge on any atom is 0.132 e. The van der Waals surface area contributed by atoms with Gasteiger partial charge in [0.05, 0.1) is 24.5 Å². The molecule has 0 aliphatic carbocycles. The van der Waals surface area contributed by atoms with Crippen LogP contribution in [0.2, 0.25) is 5.28 Å². The number of ether oxygens (including phenoxy) is 2. The molecule has 0 bridgehead atoms. The molecule has 3 aromatic carbocycles. The Morgan fingerprint density at radius 3 is 1.28 bits per heavy atom. The third-order valence-electron chi connectivity index (χ3n) is 10.3. The predicted octanol–water partition coefficient (Wildman–Crippen LogP) is 18.9. The van der Waals surface area contributed by atoms with Gasteiger partial charge in [-0.15, -0.1) is 12.1 Å². The minimum absolute atomic E-state index is 0.250. The Kier molecular flexibility index (Phi) is 69.8. The zero-order valence-electron chi connectivity index (χ0n) is 54.8. The van der Waals surface area contributed by atoms with Crippen molar-refractivity contribution in [1.29, 1.82) is 0 Å². The number of rotatable bonds is 4. The van der Waals surface area contributed by atoms with Gasteiger partial charge in [0.15, 0.2) is 0 Å². The van der Waals surface area contributed by atoms with Gasteiger partial charge in [-0.1, -0.05) is 122 Å². The van der Waals surface area contributed by atoms with E-state index in [0.29, 0.717) is 55.3 Å². The Bertz CT molecular complexity index is 2680. The normalized spacial score (nSPS) is 11.7. The van der Waals surface area contributed by atoms with Gasteiger partial charge in [0.2, 0.25) is 5.28 Å². The van der Waals surface area contributed by atoms with Crippen molar-refractivity contribution < 1.29 is 63.0 Å². The molecule has 0 fully saturated rings. The summed E-state index contributed by atoms with van der Waals surface area (Å²) in [5.74, 6) is 1.75. The van der Waals surface area contributed by atoms with Crippen LogP contribution in [0, 0.1) is 20.8 Å². The van der Waals surface area contributed by atoms with Crippen LogP contribution in [0.15, 0.2) is 110 Å². The van der Waals surface area contributed by atoms with Gasteiger partial charge < -0.3 is 38.4 Å². The molecule has 0 saturated heterocycles. The number of fused-ring (bicyclic) bond motifs is 3. The van der Waals surface area contributed by atoms with Crippen molar-refractivity contribution in [3.05, 3.63) is 198 Å². The summed E-state index contributed by atoms with van der Waals surface area (Å²) in [6, 6.07) is 30.4. The smallest absolute Gasteiger partial charge is 0.132 e. The summed E-state index contributed by atoms with van der Waals surface area (Å²) in [5, 5.41) is 3.58. The van der Waals surface area contributed by atoms with E-state index in [1.165, 1.54) is 38.7 Å². The van der Waals surface area contributed by atoms with Crippen LogP contribution >= 0.6 is 162 Å². The Balaban J connectivity index is -0.000000505. The maximum atomic E-state index is 12.2. The fourth-order valence-electron chi connectivity index (χ4n) is 7.10. The number of hydrogen-bond acceptors (Lipinski definition) is 11. The molecule has 2 amide bonds. The molecular weight excluding hydrogens is 2260 g/mol. The van der Waals surface area contributed by atoms with E-state index in [2.05, 4.69) is 243 Å². The number of carbonyl (C=O) groups is 2. The van der Waals surface area contributed by atoms with Gasteiger partial charge in [-0.25, -0.2) is 39.5 Å². The second kappa shape index (κ2) is 64.1. The first kappa shape index (κ1) is 98.1. The fourth-order valence-corrected chi connectivity index (χ4v) is 7.25. The van der Waals surface area contributed by atoms with E-state index in [-0.39, 0.29) is 22.4 Å². The molecule has 3 aliphatic heterocycles. The Hall–Kier alpha value is 1.67. The summed E-state index contributed by atoms with van der Waals surface area (Å²) in [7, 11) is 0.628. The zero-order chi connectivity index (χ0) is 69.5. The number of nitrogens with zero attached hydrogens (tertiary/aromatic N) is 8. The average Bonchev–Trinajstić information content (AvgIpc) is 2.30. The van der Waals surface area contributed by atoms with E-state index in [4.69, 9.17) is 21.1 Å². The van der Waals surface area contributed by atoms with Gasteiger partial charge in [0.25, 0.3) is 0 Å². The van der Waals surface area contributed by atoms with E-state index >= 15 is 0 Å². The number of benzene rings is 3. The van der Waals surface area contributed by atoms with Crippen molar-refractivity contribution >= 4 is 175 Å². The Morgan fingerprint density at radius 2 is 0.944 bits per heavy atom. The van der Waals surface area contributed by atoms with E-state index in [1.54, 1.807) is 16.0 Å². The van der Waals surface area contributed by atoms with Crippen LogP contribution < -0.4 is 18.6 Å². The SMILES string of the molecule is CC.CC.CC.CC(C)(C)OC(=O)N1CCc2nc(Cc3ccccc3)ncc2C1.CC(C)(C)OC(=O)N1CCc2nc(Cl)ncc2C1.I[I-]I.[CH2-]CC.[CH2-]CC.[CH2-]c1ccccc1.[I][V]([I])[I].[I][V][I].[Zn+][Br].c1ccc(Cc2ncc3c(n2)CCNC3)cc1. The summed E-state index contributed by atoms with van der Waals surface area (Å²) in [6.07, 6.45) is 10.9. The summed E-state index contributed by atoms with van der Waals surface area (Å²) < 4.78 is 10.8. The van der Waals surface area contributed by atoms with Crippen LogP contribution in [-0.2, 0) is 91.9 Å². The largest absolute Gasteiger partial charge is 0.312 e. The number of amides is 2. The number of carbonyl (C=O) groups excluding carboxylic acids is 2. The topological polar surface area (TPSA) is 148 Å². The number of nitrogens with one attached hydrogen (secondary N) is 1. The van der Waals surface area contributed by atoms with Crippen LogP contribution in [0.5, 0.6) is 0 Å². The Labute approximate surface area is 661 Å². The maximum absolute atomic E-state index is 12.2.